The van der Waals surface area contributed by atoms with Crippen molar-refractivity contribution < 1.29 is 28.6 Å². The Balaban J connectivity index is 2.51. The molecule has 0 saturated carbocycles. The first kappa shape index (κ1) is 24.0. The van der Waals surface area contributed by atoms with E-state index in [4.69, 9.17) is 14.2 Å². The van der Waals surface area contributed by atoms with Gasteiger partial charge in [-0.3, -0.25) is 0 Å². The summed E-state index contributed by atoms with van der Waals surface area (Å²) >= 11 is 0. The molecule has 0 bridgehead atoms. The van der Waals surface area contributed by atoms with Crippen LogP contribution in [0, 0.1) is 0 Å². The van der Waals surface area contributed by atoms with E-state index >= 15 is 0 Å². The lowest BCUT2D eigenvalue weighted by molar-refractivity contribution is -0.137. The third-order valence-corrected chi connectivity index (χ3v) is 3.39. The van der Waals surface area contributed by atoms with E-state index in [2.05, 4.69) is 10.6 Å². The second-order valence-corrected chi connectivity index (χ2v) is 7.14. The molecular weight excluding hydrogens is 376 g/mol. The highest BCUT2D eigenvalue weighted by atomic mass is 16.6. The van der Waals surface area contributed by atoms with Crippen LogP contribution < -0.4 is 10.6 Å². The van der Waals surface area contributed by atoms with Crippen LogP contribution in [0.25, 0.3) is 0 Å². The second kappa shape index (κ2) is 12.4. The van der Waals surface area contributed by atoms with Gasteiger partial charge in [0, 0.05) is 12.6 Å². The molecule has 1 aromatic rings. The van der Waals surface area contributed by atoms with E-state index in [1.807, 2.05) is 30.3 Å². The highest BCUT2D eigenvalue weighted by Gasteiger charge is 2.18. The molecule has 8 nitrogen and oxygen atoms in total. The third kappa shape index (κ3) is 12.1. The number of esters is 1. The largest absolute Gasteiger partial charge is 0.463 e. The van der Waals surface area contributed by atoms with Crippen LogP contribution in [0.1, 0.15) is 39.7 Å². The Kier molecular flexibility index (Phi) is 10.3. The predicted octanol–water partition coefficient (Wildman–Crippen LogP) is 3.32. The maximum atomic E-state index is 12.0. The molecule has 0 aliphatic heterocycles. The first-order chi connectivity index (χ1) is 13.7. The minimum Gasteiger partial charge on any atom is -0.463 e. The van der Waals surface area contributed by atoms with Crippen molar-refractivity contribution in [3.8, 4) is 0 Å². The number of carbonyl (C=O) groups excluding carboxylic acids is 3. The standard InChI is InChI=1S/C21H30N2O6/c1-5-27-18(24)12-11-17(23-20(26)29-21(2,3)4)13-14-22-19(25)28-15-16-9-7-6-8-10-16/h6-12,17H,5,13-15H2,1-4H3,(H,22,25)(H,23,26)/b12-11+/t17-/m1/s1. The fraction of sp³-hybridized carbons (Fsp3) is 0.476. The van der Waals surface area contributed by atoms with Gasteiger partial charge >= 0.3 is 18.2 Å². The van der Waals surface area contributed by atoms with Crippen LogP contribution in [0.3, 0.4) is 0 Å². The summed E-state index contributed by atoms with van der Waals surface area (Å²) in [6.45, 7) is 7.59. The minimum absolute atomic E-state index is 0.162. The van der Waals surface area contributed by atoms with Crippen molar-refractivity contribution in [1.29, 1.82) is 0 Å². The summed E-state index contributed by atoms with van der Waals surface area (Å²) in [5.41, 5.74) is 0.225. The van der Waals surface area contributed by atoms with E-state index in [1.54, 1.807) is 27.7 Å². The SMILES string of the molecule is CCOC(=O)/C=C/[C@H](CCNC(=O)OCc1ccccc1)NC(=O)OC(C)(C)C. The normalized spacial score (nSPS) is 12.1. The Morgan fingerprint density at radius 2 is 1.76 bits per heavy atom. The summed E-state index contributed by atoms with van der Waals surface area (Å²) < 4.78 is 15.2. The van der Waals surface area contributed by atoms with Gasteiger partial charge in [0.15, 0.2) is 0 Å². The molecule has 0 aromatic heterocycles. The van der Waals surface area contributed by atoms with Crippen molar-refractivity contribution in [2.75, 3.05) is 13.2 Å². The Morgan fingerprint density at radius 1 is 1.07 bits per heavy atom. The van der Waals surface area contributed by atoms with Crippen LogP contribution in [0.2, 0.25) is 0 Å². The number of hydrogen-bond donors (Lipinski definition) is 2. The van der Waals surface area contributed by atoms with Crippen LogP contribution in [0.15, 0.2) is 42.5 Å². The van der Waals surface area contributed by atoms with E-state index in [9.17, 15) is 14.4 Å². The Labute approximate surface area is 171 Å². The summed E-state index contributed by atoms with van der Waals surface area (Å²) in [6.07, 6.45) is 1.87. The first-order valence-electron chi connectivity index (χ1n) is 9.48. The van der Waals surface area contributed by atoms with Crippen molar-refractivity contribution in [3.05, 3.63) is 48.0 Å². The molecule has 160 valence electrons. The maximum Gasteiger partial charge on any atom is 0.408 e. The zero-order chi connectivity index (χ0) is 21.7. The summed E-state index contributed by atoms with van der Waals surface area (Å²) in [4.78, 5) is 35.3. The van der Waals surface area contributed by atoms with Gasteiger partial charge in [-0.2, -0.15) is 0 Å². The van der Waals surface area contributed by atoms with Gasteiger partial charge in [0.1, 0.15) is 12.2 Å². The molecule has 0 saturated heterocycles. The van der Waals surface area contributed by atoms with E-state index in [0.29, 0.717) is 6.42 Å². The number of amides is 2. The Bertz CT molecular complexity index is 682. The first-order valence-corrected chi connectivity index (χ1v) is 9.48. The van der Waals surface area contributed by atoms with Gasteiger partial charge in [-0.25, -0.2) is 14.4 Å². The molecule has 0 aliphatic rings. The molecule has 0 spiro atoms. The summed E-state index contributed by atoms with van der Waals surface area (Å²) in [6, 6.07) is 8.77. The lowest BCUT2D eigenvalue weighted by atomic mass is 10.2. The minimum atomic E-state index is -0.654. The molecule has 0 unspecified atom stereocenters. The van der Waals surface area contributed by atoms with Crippen molar-refractivity contribution >= 4 is 18.2 Å². The number of ether oxygens (including phenoxy) is 3. The Morgan fingerprint density at radius 3 is 2.38 bits per heavy atom. The quantitative estimate of drug-likeness (QED) is 0.370. The van der Waals surface area contributed by atoms with Crippen LogP contribution in [0.5, 0.6) is 0 Å². The monoisotopic (exact) mass is 406 g/mol. The average Bonchev–Trinajstić information content (AvgIpc) is 2.64. The van der Waals surface area contributed by atoms with E-state index in [1.165, 1.54) is 12.2 Å². The van der Waals surface area contributed by atoms with Crippen molar-refractivity contribution in [1.82, 2.24) is 10.6 Å². The highest BCUT2D eigenvalue weighted by Crippen LogP contribution is 2.07. The van der Waals surface area contributed by atoms with Gasteiger partial charge in [0.05, 0.1) is 12.6 Å². The van der Waals surface area contributed by atoms with E-state index < -0.39 is 29.8 Å². The van der Waals surface area contributed by atoms with Crippen molar-refractivity contribution in [2.45, 2.75) is 52.4 Å². The van der Waals surface area contributed by atoms with Crippen LogP contribution in [0.4, 0.5) is 9.59 Å². The topological polar surface area (TPSA) is 103 Å². The lowest BCUT2D eigenvalue weighted by Crippen LogP contribution is -2.40. The summed E-state index contributed by atoms with van der Waals surface area (Å²) in [5, 5.41) is 5.27. The highest BCUT2D eigenvalue weighted by molar-refractivity contribution is 5.82. The number of carbonyl (C=O) groups is 3. The molecule has 1 rings (SSSR count). The predicted molar refractivity (Wildman–Crippen MR) is 108 cm³/mol. The number of alkyl carbamates (subject to hydrolysis) is 2. The molecule has 29 heavy (non-hydrogen) atoms. The molecular formula is C21H30N2O6. The number of rotatable bonds is 9. The van der Waals surface area contributed by atoms with Gasteiger partial charge in [-0.1, -0.05) is 36.4 Å². The van der Waals surface area contributed by atoms with Crippen molar-refractivity contribution in [3.63, 3.8) is 0 Å². The number of benzene rings is 1. The summed E-state index contributed by atoms with van der Waals surface area (Å²) in [5.74, 6) is -0.515. The molecule has 2 N–H and O–H groups in total. The second-order valence-electron chi connectivity index (χ2n) is 7.14. The Hall–Kier alpha value is -3.03. The molecule has 8 heteroatoms. The van der Waals surface area contributed by atoms with Gasteiger partial charge in [0.2, 0.25) is 0 Å². The van der Waals surface area contributed by atoms with Crippen LogP contribution >= 0.6 is 0 Å². The zero-order valence-corrected chi connectivity index (χ0v) is 17.4. The van der Waals surface area contributed by atoms with Gasteiger partial charge in [-0.05, 0) is 39.7 Å². The molecule has 2 amide bonds. The van der Waals surface area contributed by atoms with Gasteiger partial charge in [-0.15, -0.1) is 0 Å². The fourth-order valence-electron chi connectivity index (χ4n) is 2.16. The fourth-order valence-corrected chi connectivity index (χ4v) is 2.16. The average molecular weight is 406 g/mol. The van der Waals surface area contributed by atoms with Gasteiger partial charge in [0.25, 0.3) is 0 Å². The van der Waals surface area contributed by atoms with Crippen molar-refractivity contribution in [2.24, 2.45) is 0 Å². The maximum absolute atomic E-state index is 12.0. The number of nitrogens with one attached hydrogen (secondary N) is 2. The third-order valence-electron chi connectivity index (χ3n) is 3.39. The molecule has 1 aromatic carbocycles. The zero-order valence-electron chi connectivity index (χ0n) is 17.4. The van der Waals surface area contributed by atoms with Crippen LogP contribution in [-0.2, 0) is 25.6 Å². The molecule has 0 heterocycles. The molecule has 0 aliphatic carbocycles. The molecule has 1 atom stereocenters. The molecule has 0 radical (unpaired) electrons. The molecule has 0 fully saturated rings. The smallest absolute Gasteiger partial charge is 0.408 e. The van der Waals surface area contributed by atoms with E-state index in [0.717, 1.165) is 5.56 Å². The van der Waals surface area contributed by atoms with E-state index in [-0.39, 0.29) is 19.8 Å². The lowest BCUT2D eigenvalue weighted by Gasteiger charge is -2.22. The van der Waals surface area contributed by atoms with Crippen LogP contribution in [-0.4, -0.2) is 43.0 Å². The summed E-state index contributed by atoms with van der Waals surface area (Å²) in [7, 11) is 0. The number of hydrogen-bond acceptors (Lipinski definition) is 6. The van der Waals surface area contributed by atoms with Gasteiger partial charge < -0.3 is 24.8 Å².